The van der Waals surface area contributed by atoms with Crippen molar-refractivity contribution >= 4 is 29.0 Å². The minimum atomic E-state index is -0.310. The fraction of sp³-hybridized carbons (Fsp3) is 0.455. The fourth-order valence-electron chi connectivity index (χ4n) is 3.64. The molecule has 8 heteroatoms. The summed E-state index contributed by atoms with van der Waals surface area (Å²) < 4.78 is 6.58. The molecule has 1 saturated heterocycles. The van der Waals surface area contributed by atoms with Crippen LogP contribution in [0.15, 0.2) is 29.1 Å². The third-order valence-corrected chi connectivity index (χ3v) is 5.76. The van der Waals surface area contributed by atoms with Gasteiger partial charge >= 0.3 is 0 Å². The maximum atomic E-state index is 12.8. The van der Waals surface area contributed by atoms with Gasteiger partial charge in [0, 0.05) is 34.4 Å². The molecule has 7 nitrogen and oxygen atoms in total. The average Bonchev–Trinajstić information content (AvgIpc) is 3.48. The Hall–Kier alpha value is -2.51. The van der Waals surface area contributed by atoms with Gasteiger partial charge in [0.25, 0.3) is 5.56 Å². The first-order valence-corrected chi connectivity index (χ1v) is 10.4. The SMILES string of the molecule is Cc1nc(-c2ccc(Cl)cc2NC(=O)C2CC2)cc(=O)n1CC(=O)CC1(C)COC1. The Morgan fingerprint density at radius 2 is 2.03 bits per heavy atom. The normalized spacial score (nSPS) is 17.3. The summed E-state index contributed by atoms with van der Waals surface area (Å²) in [6.45, 7) is 4.82. The van der Waals surface area contributed by atoms with E-state index < -0.39 is 0 Å². The Morgan fingerprint density at radius 1 is 1.30 bits per heavy atom. The number of anilines is 1. The first-order valence-electron chi connectivity index (χ1n) is 10.0. The second-order valence-electron chi connectivity index (χ2n) is 8.59. The highest BCUT2D eigenvalue weighted by Crippen LogP contribution is 2.34. The van der Waals surface area contributed by atoms with Crippen LogP contribution in [-0.2, 0) is 20.9 Å². The number of amides is 1. The molecule has 2 aromatic rings. The molecule has 0 bridgehead atoms. The molecule has 1 N–H and O–H groups in total. The molecule has 0 spiro atoms. The molecule has 0 radical (unpaired) electrons. The van der Waals surface area contributed by atoms with Gasteiger partial charge < -0.3 is 10.1 Å². The van der Waals surface area contributed by atoms with E-state index in [-0.39, 0.29) is 35.1 Å². The van der Waals surface area contributed by atoms with Gasteiger partial charge in [-0.1, -0.05) is 18.5 Å². The number of benzene rings is 1. The van der Waals surface area contributed by atoms with Gasteiger partial charge in [0.2, 0.25) is 5.91 Å². The van der Waals surface area contributed by atoms with Gasteiger partial charge in [-0.15, -0.1) is 0 Å². The predicted molar refractivity (Wildman–Crippen MR) is 114 cm³/mol. The lowest BCUT2D eigenvalue weighted by molar-refractivity contribution is -0.137. The molecule has 2 aliphatic rings. The van der Waals surface area contributed by atoms with Gasteiger partial charge in [0.1, 0.15) is 5.82 Å². The number of rotatable bonds is 7. The van der Waals surface area contributed by atoms with E-state index in [4.69, 9.17) is 16.3 Å². The topological polar surface area (TPSA) is 90.3 Å². The van der Waals surface area contributed by atoms with Crippen molar-refractivity contribution in [2.45, 2.75) is 39.7 Å². The third-order valence-electron chi connectivity index (χ3n) is 5.52. The Bertz CT molecular complexity index is 1070. The van der Waals surface area contributed by atoms with Crippen LogP contribution >= 0.6 is 11.6 Å². The molecular weight excluding hydrogens is 406 g/mol. The summed E-state index contributed by atoms with van der Waals surface area (Å²) in [5, 5.41) is 3.38. The van der Waals surface area contributed by atoms with E-state index in [0.717, 1.165) is 12.8 Å². The minimum absolute atomic E-state index is 0.0145. The summed E-state index contributed by atoms with van der Waals surface area (Å²) in [4.78, 5) is 42.0. The third kappa shape index (κ3) is 4.47. The van der Waals surface area contributed by atoms with E-state index in [1.807, 2.05) is 6.92 Å². The van der Waals surface area contributed by atoms with Crippen LogP contribution in [0.3, 0.4) is 0 Å². The van der Waals surface area contributed by atoms with Crippen LogP contribution in [0.5, 0.6) is 0 Å². The first kappa shape index (κ1) is 20.8. The molecule has 0 unspecified atom stereocenters. The standard InChI is InChI=1S/C22H24ClN3O4/c1-13-24-19(8-20(28)26(13)10-16(27)9-22(2)11-30-12-22)17-6-5-15(23)7-18(17)25-21(29)14-3-4-14/h5-8,14H,3-4,9-12H2,1-2H3,(H,25,29). The average molecular weight is 430 g/mol. The maximum Gasteiger partial charge on any atom is 0.254 e. The molecule has 1 aliphatic heterocycles. The lowest BCUT2D eigenvalue weighted by Gasteiger charge is -2.37. The van der Waals surface area contributed by atoms with Crippen LogP contribution in [0.4, 0.5) is 5.69 Å². The van der Waals surface area contributed by atoms with E-state index in [1.165, 1.54) is 10.6 Å². The van der Waals surface area contributed by atoms with E-state index in [0.29, 0.717) is 47.4 Å². The van der Waals surface area contributed by atoms with Crippen molar-refractivity contribution in [3.05, 3.63) is 45.5 Å². The second-order valence-corrected chi connectivity index (χ2v) is 9.02. The largest absolute Gasteiger partial charge is 0.380 e. The molecule has 1 aliphatic carbocycles. The van der Waals surface area contributed by atoms with E-state index in [1.54, 1.807) is 25.1 Å². The zero-order valence-electron chi connectivity index (χ0n) is 17.0. The number of aryl methyl sites for hydroxylation is 1. The van der Waals surface area contributed by atoms with Gasteiger partial charge in [-0.2, -0.15) is 0 Å². The predicted octanol–water partition coefficient (Wildman–Crippen LogP) is 3.22. The summed E-state index contributed by atoms with van der Waals surface area (Å²) in [5.41, 5.74) is 1.13. The summed E-state index contributed by atoms with van der Waals surface area (Å²) >= 11 is 6.11. The number of nitrogens with zero attached hydrogens (tertiary/aromatic N) is 2. The van der Waals surface area contributed by atoms with Crippen LogP contribution in [0.2, 0.25) is 5.02 Å². The highest BCUT2D eigenvalue weighted by Gasteiger charge is 2.35. The van der Waals surface area contributed by atoms with Gasteiger partial charge in [-0.05, 0) is 38.0 Å². The van der Waals surface area contributed by atoms with Gasteiger partial charge in [-0.25, -0.2) is 4.98 Å². The molecule has 0 atom stereocenters. The smallest absolute Gasteiger partial charge is 0.254 e. The highest BCUT2D eigenvalue weighted by molar-refractivity contribution is 6.31. The first-order chi connectivity index (χ1) is 14.2. The molecule has 2 heterocycles. The number of halogens is 1. The van der Waals surface area contributed by atoms with Crippen molar-refractivity contribution in [1.29, 1.82) is 0 Å². The Morgan fingerprint density at radius 3 is 2.63 bits per heavy atom. The number of hydrogen-bond acceptors (Lipinski definition) is 5. The summed E-state index contributed by atoms with van der Waals surface area (Å²) in [6.07, 6.45) is 2.14. The zero-order valence-corrected chi connectivity index (χ0v) is 17.8. The second kappa shape index (κ2) is 7.96. The van der Waals surface area contributed by atoms with Crippen molar-refractivity contribution in [3.8, 4) is 11.3 Å². The van der Waals surface area contributed by atoms with E-state index >= 15 is 0 Å². The minimum Gasteiger partial charge on any atom is -0.380 e. The number of aromatic nitrogens is 2. The number of nitrogens with one attached hydrogen (secondary N) is 1. The summed E-state index contributed by atoms with van der Waals surface area (Å²) in [5.74, 6) is 0.399. The quantitative estimate of drug-likeness (QED) is 0.729. The number of ether oxygens (including phenoxy) is 1. The number of ketones is 1. The molecule has 1 saturated carbocycles. The maximum absolute atomic E-state index is 12.8. The molecule has 4 rings (SSSR count). The van der Waals surface area contributed by atoms with E-state index in [9.17, 15) is 14.4 Å². The summed E-state index contributed by atoms with van der Waals surface area (Å²) in [7, 11) is 0. The van der Waals surface area contributed by atoms with Crippen molar-refractivity contribution in [1.82, 2.24) is 9.55 Å². The van der Waals surface area contributed by atoms with Crippen molar-refractivity contribution < 1.29 is 14.3 Å². The molecule has 1 amide bonds. The van der Waals surface area contributed by atoms with Gasteiger partial charge in [0.15, 0.2) is 5.78 Å². The Labute approximate surface area is 179 Å². The number of Topliss-reactive ketones (excluding diaryl/α,β-unsaturated/α-hetero) is 1. The van der Waals surface area contributed by atoms with Crippen LogP contribution in [0.1, 0.15) is 32.0 Å². The lowest BCUT2D eigenvalue weighted by atomic mass is 9.83. The molecule has 158 valence electrons. The monoisotopic (exact) mass is 429 g/mol. The molecular formula is C22H24ClN3O4. The van der Waals surface area contributed by atoms with Crippen LogP contribution in [0, 0.1) is 18.3 Å². The van der Waals surface area contributed by atoms with Crippen LogP contribution in [0.25, 0.3) is 11.3 Å². The summed E-state index contributed by atoms with van der Waals surface area (Å²) in [6, 6.07) is 6.48. The molecule has 1 aromatic carbocycles. The van der Waals surface area contributed by atoms with E-state index in [2.05, 4.69) is 10.3 Å². The zero-order chi connectivity index (χ0) is 21.5. The fourth-order valence-corrected chi connectivity index (χ4v) is 3.81. The number of carbonyl (C=O) groups is 2. The lowest BCUT2D eigenvalue weighted by Crippen LogP contribution is -2.42. The van der Waals surface area contributed by atoms with Crippen LogP contribution in [-0.4, -0.2) is 34.5 Å². The van der Waals surface area contributed by atoms with Crippen LogP contribution < -0.4 is 10.9 Å². The number of carbonyl (C=O) groups excluding carboxylic acids is 2. The van der Waals surface area contributed by atoms with Gasteiger partial charge in [0.05, 0.1) is 31.1 Å². The van der Waals surface area contributed by atoms with Gasteiger partial charge in [-0.3, -0.25) is 19.0 Å². The molecule has 30 heavy (non-hydrogen) atoms. The van der Waals surface area contributed by atoms with Crippen molar-refractivity contribution in [3.63, 3.8) is 0 Å². The highest BCUT2D eigenvalue weighted by atomic mass is 35.5. The molecule has 2 fully saturated rings. The Kier molecular flexibility index (Phi) is 5.51. The Balaban J connectivity index is 1.59. The molecule has 1 aromatic heterocycles. The number of hydrogen-bond donors (Lipinski definition) is 1. The van der Waals surface area contributed by atoms with Crippen molar-refractivity contribution in [2.24, 2.45) is 11.3 Å². The van der Waals surface area contributed by atoms with Crippen molar-refractivity contribution in [2.75, 3.05) is 18.5 Å².